The highest BCUT2D eigenvalue weighted by Gasteiger charge is 2.39. The Morgan fingerprint density at radius 1 is 1.06 bits per heavy atom. The van der Waals surface area contributed by atoms with Gasteiger partial charge in [0.05, 0.1) is 35.7 Å². The Kier molecular flexibility index (Phi) is 5.56. The number of nitrogens with zero attached hydrogens (tertiary/aromatic N) is 2. The molecule has 1 aliphatic heterocycles. The summed E-state index contributed by atoms with van der Waals surface area (Å²) in [7, 11) is 1.84. The van der Waals surface area contributed by atoms with Crippen molar-refractivity contribution in [2.75, 3.05) is 6.61 Å². The number of rotatable bonds is 4. The van der Waals surface area contributed by atoms with Gasteiger partial charge in [0.2, 0.25) is 0 Å². The highest BCUT2D eigenvalue weighted by molar-refractivity contribution is 6.07. The van der Waals surface area contributed by atoms with Crippen LogP contribution in [0.15, 0.2) is 64.3 Å². The molecule has 0 radical (unpaired) electrons. The van der Waals surface area contributed by atoms with Crippen LogP contribution < -0.4 is 16.6 Å². The third-order valence-corrected chi connectivity index (χ3v) is 6.36. The fourth-order valence-corrected chi connectivity index (χ4v) is 4.54. The van der Waals surface area contributed by atoms with Crippen LogP contribution in [0.1, 0.15) is 10.4 Å². The van der Waals surface area contributed by atoms with Gasteiger partial charge < -0.3 is 24.8 Å². The summed E-state index contributed by atoms with van der Waals surface area (Å²) in [4.78, 5) is 39.7. The summed E-state index contributed by atoms with van der Waals surface area (Å²) < 4.78 is 8.90. The van der Waals surface area contributed by atoms with E-state index in [9.17, 15) is 24.6 Å². The lowest BCUT2D eigenvalue weighted by Crippen LogP contribution is -2.60. The number of hydrogen-bond donors (Lipinski definition) is 4. The van der Waals surface area contributed by atoms with Crippen molar-refractivity contribution < 1.29 is 19.7 Å². The molecule has 34 heavy (non-hydrogen) atoms. The van der Waals surface area contributed by atoms with Crippen LogP contribution in [0.2, 0.25) is 0 Å². The lowest BCUT2D eigenvalue weighted by molar-refractivity contribution is -0.152. The quantitative estimate of drug-likeness (QED) is 0.338. The first kappa shape index (κ1) is 22.1. The van der Waals surface area contributed by atoms with Crippen molar-refractivity contribution in [2.45, 2.75) is 30.9 Å². The molecular weight excluding hydrogens is 440 g/mol. The largest absolute Gasteiger partial charge is 0.388 e. The number of hydrogen-bond acceptors (Lipinski definition) is 6. The SMILES string of the molecule is Cn1cc(C(=O)N[C@@H]2CO[C@H](Cn3c(=O)[nH]c(=O)c4ccccc43)[C@@H](O)[C@H]2O)c2ccccc21. The Labute approximate surface area is 193 Å². The monoisotopic (exact) mass is 464 g/mol. The molecule has 0 unspecified atom stereocenters. The van der Waals surface area contributed by atoms with Crippen molar-refractivity contribution in [1.82, 2.24) is 19.4 Å². The average Bonchev–Trinajstić information content (AvgIpc) is 3.18. The molecule has 3 heterocycles. The molecule has 1 saturated heterocycles. The molecule has 1 fully saturated rings. The van der Waals surface area contributed by atoms with Crippen molar-refractivity contribution in [1.29, 1.82) is 0 Å². The third-order valence-electron chi connectivity index (χ3n) is 6.36. The number of aliphatic hydroxyl groups excluding tert-OH is 2. The molecule has 10 nitrogen and oxygen atoms in total. The molecule has 0 aliphatic carbocycles. The first-order valence-electron chi connectivity index (χ1n) is 10.9. The molecule has 10 heteroatoms. The highest BCUT2D eigenvalue weighted by atomic mass is 16.5. The van der Waals surface area contributed by atoms with E-state index in [0.29, 0.717) is 16.5 Å². The van der Waals surface area contributed by atoms with Gasteiger partial charge in [-0.05, 0) is 18.2 Å². The van der Waals surface area contributed by atoms with Crippen LogP contribution in [0.5, 0.6) is 0 Å². The molecule has 176 valence electrons. The van der Waals surface area contributed by atoms with E-state index in [0.717, 1.165) is 10.9 Å². The number of H-pyrrole nitrogens is 1. The van der Waals surface area contributed by atoms with Crippen LogP contribution >= 0.6 is 0 Å². The fraction of sp³-hybridized carbons (Fsp3) is 0.292. The van der Waals surface area contributed by atoms with Gasteiger partial charge in [0.15, 0.2) is 0 Å². The Hall–Kier alpha value is -3.73. The van der Waals surface area contributed by atoms with Gasteiger partial charge in [-0.25, -0.2) is 4.79 Å². The summed E-state index contributed by atoms with van der Waals surface area (Å²) in [6.45, 7) is -0.145. The Morgan fingerprint density at radius 3 is 2.50 bits per heavy atom. The second kappa shape index (κ2) is 8.56. The van der Waals surface area contributed by atoms with E-state index >= 15 is 0 Å². The molecular formula is C24H24N4O6. The van der Waals surface area contributed by atoms with Crippen molar-refractivity contribution in [3.05, 3.63) is 81.1 Å². The van der Waals surface area contributed by atoms with Gasteiger partial charge in [-0.3, -0.25) is 19.1 Å². The van der Waals surface area contributed by atoms with Gasteiger partial charge in [0, 0.05) is 24.1 Å². The molecule has 1 aliphatic rings. The van der Waals surface area contributed by atoms with E-state index in [2.05, 4.69) is 10.3 Å². The molecule has 0 bridgehead atoms. The second-order valence-electron chi connectivity index (χ2n) is 8.49. The minimum Gasteiger partial charge on any atom is -0.388 e. The maximum absolute atomic E-state index is 12.9. The summed E-state index contributed by atoms with van der Waals surface area (Å²) in [5.74, 6) is -0.391. The molecule has 4 aromatic rings. The number of aromatic nitrogens is 3. The van der Waals surface area contributed by atoms with Crippen LogP contribution in [0.25, 0.3) is 21.8 Å². The number of carbonyl (C=O) groups is 1. The number of ether oxygens (including phenoxy) is 1. The number of nitrogens with one attached hydrogen (secondary N) is 2. The zero-order valence-corrected chi connectivity index (χ0v) is 18.3. The van der Waals surface area contributed by atoms with E-state index < -0.39 is 41.5 Å². The van der Waals surface area contributed by atoms with Gasteiger partial charge in [0.25, 0.3) is 11.5 Å². The fourth-order valence-electron chi connectivity index (χ4n) is 4.54. The zero-order chi connectivity index (χ0) is 24.0. The molecule has 5 rings (SSSR count). The maximum Gasteiger partial charge on any atom is 0.328 e. The van der Waals surface area contributed by atoms with Crippen LogP contribution in [0.4, 0.5) is 0 Å². The van der Waals surface area contributed by atoms with Crippen molar-refractivity contribution >= 4 is 27.7 Å². The van der Waals surface area contributed by atoms with Gasteiger partial charge in [-0.2, -0.15) is 0 Å². The standard InChI is InChI=1S/C24H24N4O6/c1-27-10-15(13-6-2-4-8-17(13)27)23(32)25-16-12-34-19(21(30)20(16)29)11-28-18-9-5-3-7-14(18)22(31)26-24(28)33/h2-10,16,19-21,29-30H,11-12H2,1H3,(H,25,32)(H,26,31,33)/t16-,19-,20+,21-/m1/s1. The van der Waals surface area contributed by atoms with Crippen molar-refractivity contribution in [3.8, 4) is 0 Å². The average molecular weight is 464 g/mol. The lowest BCUT2D eigenvalue weighted by Gasteiger charge is -2.38. The van der Waals surface area contributed by atoms with Crippen LogP contribution in [-0.4, -0.2) is 61.2 Å². The van der Waals surface area contributed by atoms with Gasteiger partial charge >= 0.3 is 5.69 Å². The summed E-state index contributed by atoms with van der Waals surface area (Å²) in [6.07, 6.45) is -1.90. The van der Waals surface area contributed by atoms with Gasteiger partial charge in [-0.15, -0.1) is 0 Å². The summed E-state index contributed by atoms with van der Waals surface area (Å²) in [5.41, 5.74) is 0.603. The van der Waals surface area contributed by atoms with E-state index in [1.165, 1.54) is 4.57 Å². The number of carbonyl (C=O) groups excluding carboxylic acids is 1. The predicted octanol–water partition coefficient (Wildman–Crippen LogP) is 0.101. The molecule has 2 aromatic heterocycles. The molecule has 0 spiro atoms. The summed E-state index contributed by atoms with van der Waals surface area (Å²) >= 11 is 0. The number of aryl methyl sites for hydroxylation is 1. The topological polar surface area (TPSA) is 139 Å². The molecule has 4 atom stereocenters. The predicted molar refractivity (Wildman–Crippen MR) is 125 cm³/mol. The molecule has 2 aromatic carbocycles. The maximum atomic E-state index is 12.9. The number of fused-ring (bicyclic) bond motifs is 2. The zero-order valence-electron chi connectivity index (χ0n) is 18.3. The Bertz CT molecular complexity index is 1500. The summed E-state index contributed by atoms with van der Waals surface area (Å²) in [5, 5.41) is 25.3. The number of aliphatic hydroxyl groups is 2. The number of amides is 1. The first-order valence-corrected chi connectivity index (χ1v) is 10.9. The minimum absolute atomic E-state index is 0.0601. The smallest absolute Gasteiger partial charge is 0.328 e. The first-order chi connectivity index (χ1) is 16.3. The number of para-hydroxylation sites is 2. The normalized spacial score (nSPS) is 22.8. The van der Waals surface area contributed by atoms with Gasteiger partial charge in [0.1, 0.15) is 18.3 Å². The number of aromatic amines is 1. The molecule has 1 amide bonds. The van der Waals surface area contributed by atoms with E-state index in [-0.39, 0.29) is 13.2 Å². The van der Waals surface area contributed by atoms with Crippen molar-refractivity contribution in [3.63, 3.8) is 0 Å². The molecule has 0 saturated carbocycles. The Balaban J connectivity index is 1.34. The van der Waals surface area contributed by atoms with Gasteiger partial charge in [-0.1, -0.05) is 30.3 Å². The van der Waals surface area contributed by atoms with E-state index in [1.807, 2.05) is 35.9 Å². The lowest BCUT2D eigenvalue weighted by atomic mass is 9.97. The van der Waals surface area contributed by atoms with Crippen LogP contribution in [0, 0.1) is 0 Å². The van der Waals surface area contributed by atoms with Crippen molar-refractivity contribution in [2.24, 2.45) is 7.05 Å². The van der Waals surface area contributed by atoms with E-state index in [4.69, 9.17) is 4.74 Å². The highest BCUT2D eigenvalue weighted by Crippen LogP contribution is 2.22. The van der Waals surface area contributed by atoms with E-state index in [1.54, 1.807) is 30.5 Å². The number of benzene rings is 2. The third kappa shape index (κ3) is 3.71. The second-order valence-corrected chi connectivity index (χ2v) is 8.49. The minimum atomic E-state index is -1.37. The van der Waals surface area contributed by atoms with Crippen LogP contribution in [0.3, 0.4) is 0 Å². The Morgan fingerprint density at radius 2 is 1.74 bits per heavy atom. The molecule has 4 N–H and O–H groups in total. The summed E-state index contributed by atoms with van der Waals surface area (Å²) in [6, 6.07) is 13.2. The van der Waals surface area contributed by atoms with Crippen LogP contribution in [-0.2, 0) is 18.3 Å².